The lowest BCUT2D eigenvalue weighted by Gasteiger charge is -2.03. The third-order valence-electron chi connectivity index (χ3n) is 2.65. The van der Waals surface area contributed by atoms with E-state index in [0.29, 0.717) is 11.3 Å². The molecule has 18 heavy (non-hydrogen) atoms. The lowest BCUT2D eigenvalue weighted by Crippen LogP contribution is -1.90. The number of carbonyl (C=O) groups excluding carboxylic acids is 1. The number of hydrogen-bond donors (Lipinski definition) is 0. The molecule has 0 aromatic heterocycles. The Kier molecular flexibility index (Phi) is 3.92. The summed E-state index contributed by atoms with van der Waals surface area (Å²) >= 11 is 0. The van der Waals surface area contributed by atoms with Crippen molar-refractivity contribution in [2.24, 2.45) is 0 Å². The minimum atomic E-state index is 0.563. The average molecular weight is 238 g/mol. The molecule has 90 valence electrons. The molecule has 2 aromatic rings. The van der Waals surface area contributed by atoms with Crippen molar-refractivity contribution >= 4 is 18.4 Å². The molecule has 2 rings (SSSR count). The Morgan fingerprint density at radius 3 is 2.33 bits per heavy atom. The Morgan fingerprint density at radius 1 is 0.944 bits per heavy atom. The summed E-state index contributed by atoms with van der Waals surface area (Å²) in [4.78, 5) is 10.9. The SMILES string of the molecule is COc1ccc(C=Cc2ccccc2)cc1C=O. The molecule has 2 heteroatoms. The van der Waals surface area contributed by atoms with E-state index in [0.717, 1.165) is 17.4 Å². The van der Waals surface area contributed by atoms with Crippen LogP contribution in [0.1, 0.15) is 21.5 Å². The third-order valence-corrected chi connectivity index (χ3v) is 2.65. The molecule has 0 N–H and O–H groups in total. The Hall–Kier alpha value is -2.35. The van der Waals surface area contributed by atoms with Gasteiger partial charge in [-0.2, -0.15) is 0 Å². The van der Waals surface area contributed by atoms with Gasteiger partial charge in [0.15, 0.2) is 6.29 Å². The van der Waals surface area contributed by atoms with Crippen LogP contribution in [-0.4, -0.2) is 13.4 Å². The minimum Gasteiger partial charge on any atom is -0.496 e. The maximum absolute atomic E-state index is 10.9. The molecule has 0 radical (unpaired) electrons. The largest absolute Gasteiger partial charge is 0.496 e. The quantitative estimate of drug-likeness (QED) is 0.600. The van der Waals surface area contributed by atoms with Crippen LogP contribution < -0.4 is 4.74 Å². The predicted octanol–water partition coefficient (Wildman–Crippen LogP) is 3.68. The van der Waals surface area contributed by atoms with Crippen molar-refractivity contribution in [3.63, 3.8) is 0 Å². The Bertz CT molecular complexity index is 557. The number of carbonyl (C=O) groups is 1. The van der Waals surface area contributed by atoms with E-state index in [4.69, 9.17) is 4.74 Å². The van der Waals surface area contributed by atoms with Crippen LogP contribution in [0.15, 0.2) is 48.5 Å². The van der Waals surface area contributed by atoms with Gasteiger partial charge in [-0.3, -0.25) is 4.79 Å². The molecule has 0 fully saturated rings. The van der Waals surface area contributed by atoms with E-state index in [9.17, 15) is 4.79 Å². The van der Waals surface area contributed by atoms with E-state index in [2.05, 4.69) is 0 Å². The molecule has 0 spiro atoms. The van der Waals surface area contributed by atoms with Crippen LogP contribution in [0, 0.1) is 0 Å². The van der Waals surface area contributed by atoms with Crippen molar-refractivity contribution in [1.82, 2.24) is 0 Å². The van der Waals surface area contributed by atoms with Crippen molar-refractivity contribution in [2.45, 2.75) is 0 Å². The van der Waals surface area contributed by atoms with Gasteiger partial charge in [-0.1, -0.05) is 48.6 Å². The molecule has 0 unspecified atom stereocenters. The average Bonchev–Trinajstić information content (AvgIpc) is 2.45. The van der Waals surface area contributed by atoms with Crippen LogP contribution in [0.4, 0.5) is 0 Å². The predicted molar refractivity (Wildman–Crippen MR) is 73.8 cm³/mol. The molecule has 0 aliphatic carbocycles. The van der Waals surface area contributed by atoms with Crippen LogP contribution in [0.5, 0.6) is 5.75 Å². The summed E-state index contributed by atoms with van der Waals surface area (Å²) < 4.78 is 5.10. The molecular weight excluding hydrogens is 224 g/mol. The van der Waals surface area contributed by atoms with Crippen LogP contribution in [0.25, 0.3) is 12.2 Å². The highest BCUT2D eigenvalue weighted by molar-refractivity contribution is 5.82. The van der Waals surface area contributed by atoms with Crippen molar-refractivity contribution < 1.29 is 9.53 Å². The highest BCUT2D eigenvalue weighted by atomic mass is 16.5. The molecule has 0 aliphatic rings. The molecule has 2 aromatic carbocycles. The zero-order valence-electron chi connectivity index (χ0n) is 10.2. The van der Waals surface area contributed by atoms with Gasteiger partial charge in [0, 0.05) is 0 Å². The van der Waals surface area contributed by atoms with Gasteiger partial charge in [0.25, 0.3) is 0 Å². The Morgan fingerprint density at radius 2 is 1.67 bits per heavy atom. The van der Waals surface area contributed by atoms with E-state index >= 15 is 0 Å². The van der Waals surface area contributed by atoms with Crippen molar-refractivity contribution in [3.05, 3.63) is 65.2 Å². The van der Waals surface area contributed by atoms with E-state index in [1.807, 2.05) is 54.6 Å². The monoisotopic (exact) mass is 238 g/mol. The van der Waals surface area contributed by atoms with Gasteiger partial charge in [0.2, 0.25) is 0 Å². The van der Waals surface area contributed by atoms with Gasteiger partial charge < -0.3 is 4.74 Å². The molecule has 0 atom stereocenters. The van der Waals surface area contributed by atoms with Gasteiger partial charge in [0.1, 0.15) is 5.75 Å². The first-order valence-corrected chi connectivity index (χ1v) is 5.70. The van der Waals surface area contributed by atoms with E-state index in [1.165, 1.54) is 0 Å². The molecule has 0 aliphatic heterocycles. The fourth-order valence-corrected chi connectivity index (χ4v) is 1.71. The van der Waals surface area contributed by atoms with E-state index in [1.54, 1.807) is 13.2 Å². The van der Waals surface area contributed by atoms with Gasteiger partial charge in [0.05, 0.1) is 12.7 Å². The van der Waals surface area contributed by atoms with Crippen LogP contribution in [-0.2, 0) is 0 Å². The first kappa shape index (κ1) is 12.1. The fourth-order valence-electron chi connectivity index (χ4n) is 1.71. The lowest BCUT2D eigenvalue weighted by molar-refractivity contribution is 0.112. The maximum atomic E-state index is 10.9. The van der Waals surface area contributed by atoms with Gasteiger partial charge in [-0.05, 0) is 23.3 Å². The molecule has 0 bridgehead atoms. The summed E-state index contributed by atoms with van der Waals surface area (Å²) in [6.45, 7) is 0. The summed E-state index contributed by atoms with van der Waals surface area (Å²) in [5.41, 5.74) is 2.66. The fraction of sp³-hybridized carbons (Fsp3) is 0.0625. The number of rotatable bonds is 4. The highest BCUT2D eigenvalue weighted by Gasteiger charge is 2.01. The lowest BCUT2D eigenvalue weighted by atomic mass is 10.1. The first-order valence-electron chi connectivity index (χ1n) is 5.70. The Balaban J connectivity index is 2.25. The zero-order chi connectivity index (χ0) is 12.8. The topological polar surface area (TPSA) is 26.3 Å². The molecular formula is C16H14O2. The third kappa shape index (κ3) is 2.86. The van der Waals surface area contributed by atoms with E-state index < -0.39 is 0 Å². The van der Waals surface area contributed by atoms with Crippen molar-refractivity contribution in [3.8, 4) is 5.75 Å². The number of methoxy groups -OCH3 is 1. The Labute approximate surface area is 107 Å². The van der Waals surface area contributed by atoms with Crippen LogP contribution >= 0.6 is 0 Å². The van der Waals surface area contributed by atoms with Crippen molar-refractivity contribution in [1.29, 1.82) is 0 Å². The highest BCUT2D eigenvalue weighted by Crippen LogP contribution is 2.19. The summed E-state index contributed by atoms with van der Waals surface area (Å²) in [5.74, 6) is 0.599. The summed E-state index contributed by atoms with van der Waals surface area (Å²) in [5, 5.41) is 0. The van der Waals surface area contributed by atoms with Crippen molar-refractivity contribution in [2.75, 3.05) is 7.11 Å². The second-order valence-corrected chi connectivity index (χ2v) is 3.86. The smallest absolute Gasteiger partial charge is 0.153 e. The number of benzene rings is 2. The number of hydrogen-bond acceptors (Lipinski definition) is 2. The van der Waals surface area contributed by atoms with E-state index in [-0.39, 0.29) is 0 Å². The molecule has 0 saturated heterocycles. The molecule has 2 nitrogen and oxygen atoms in total. The number of aldehydes is 1. The second-order valence-electron chi connectivity index (χ2n) is 3.86. The zero-order valence-corrected chi connectivity index (χ0v) is 10.2. The van der Waals surface area contributed by atoms with Gasteiger partial charge in [-0.25, -0.2) is 0 Å². The number of ether oxygens (including phenoxy) is 1. The normalized spacial score (nSPS) is 10.5. The van der Waals surface area contributed by atoms with Gasteiger partial charge >= 0.3 is 0 Å². The van der Waals surface area contributed by atoms with Crippen LogP contribution in [0.2, 0.25) is 0 Å². The summed E-state index contributed by atoms with van der Waals surface area (Å²) in [7, 11) is 1.56. The first-order chi connectivity index (χ1) is 8.83. The standard InChI is InChI=1S/C16H14O2/c1-18-16-10-9-14(11-15(16)12-17)8-7-13-5-3-2-4-6-13/h2-12H,1H3. The second kappa shape index (κ2) is 5.82. The van der Waals surface area contributed by atoms with Gasteiger partial charge in [-0.15, -0.1) is 0 Å². The minimum absolute atomic E-state index is 0.563. The molecule has 0 amide bonds. The molecule has 0 saturated carbocycles. The summed E-state index contributed by atoms with van der Waals surface area (Å²) in [6.07, 6.45) is 4.79. The maximum Gasteiger partial charge on any atom is 0.153 e. The molecule has 0 heterocycles. The van der Waals surface area contributed by atoms with Crippen LogP contribution in [0.3, 0.4) is 0 Å². The summed E-state index contributed by atoms with van der Waals surface area (Å²) in [6, 6.07) is 15.6.